The largest absolute Gasteiger partial charge is 0.356 e. The van der Waals surface area contributed by atoms with Crippen LogP contribution in [0.5, 0.6) is 0 Å². The van der Waals surface area contributed by atoms with Gasteiger partial charge in [-0.2, -0.15) is 4.31 Å². The molecule has 0 spiro atoms. The Bertz CT molecular complexity index is 1000. The predicted octanol–water partition coefficient (Wildman–Crippen LogP) is 3.71. The van der Waals surface area contributed by atoms with E-state index in [1.165, 1.54) is 16.9 Å². The number of thiophene rings is 1. The molecule has 0 unspecified atom stereocenters. The molecular formula is C18H18N2O3S2. The second-order valence-corrected chi connectivity index (χ2v) is 9.12. The Morgan fingerprint density at radius 2 is 2.04 bits per heavy atom. The Morgan fingerprint density at radius 3 is 2.80 bits per heavy atom. The summed E-state index contributed by atoms with van der Waals surface area (Å²) in [6, 6.07) is 11.6. The summed E-state index contributed by atoms with van der Waals surface area (Å²) in [7, 11) is -3.50. The third kappa shape index (κ3) is 3.03. The van der Waals surface area contributed by atoms with Crippen LogP contribution < -0.4 is 0 Å². The lowest BCUT2D eigenvalue weighted by Crippen LogP contribution is -2.35. The highest BCUT2D eigenvalue weighted by atomic mass is 32.2. The molecule has 0 saturated heterocycles. The summed E-state index contributed by atoms with van der Waals surface area (Å²) in [4.78, 5) is 0. The van der Waals surface area contributed by atoms with Crippen LogP contribution in [-0.2, 0) is 29.4 Å². The van der Waals surface area contributed by atoms with Crippen molar-refractivity contribution in [2.75, 3.05) is 6.54 Å². The quantitative estimate of drug-likeness (QED) is 0.698. The molecule has 0 bridgehead atoms. The summed E-state index contributed by atoms with van der Waals surface area (Å²) in [5, 5.41) is 5.78. The van der Waals surface area contributed by atoms with E-state index in [1.807, 2.05) is 36.6 Å². The lowest BCUT2D eigenvalue weighted by Gasteiger charge is -2.27. The topological polar surface area (TPSA) is 63.4 Å². The number of aromatic nitrogens is 1. The van der Waals surface area contributed by atoms with E-state index in [-0.39, 0.29) is 0 Å². The van der Waals surface area contributed by atoms with Gasteiger partial charge in [-0.25, -0.2) is 8.42 Å². The van der Waals surface area contributed by atoms with Gasteiger partial charge in [-0.3, -0.25) is 0 Å². The molecule has 0 aliphatic carbocycles. The maximum Gasteiger partial charge on any atom is 0.252 e. The van der Waals surface area contributed by atoms with Gasteiger partial charge in [0.05, 0.1) is 5.69 Å². The molecule has 0 fully saturated rings. The number of sulfonamides is 1. The molecule has 0 saturated carbocycles. The fourth-order valence-corrected chi connectivity index (χ4v) is 5.74. The van der Waals surface area contributed by atoms with Gasteiger partial charge >= 0.3 is 0 Å². The number of fused-ring (bicyclic) bond motifs is 1. The lowest BCUT2D eigenvalue weighted by atomic mass is 10.0. The van der Waals surface area contributed by atoms with Gasteiger partial charge in [0.25, 0.3) is 10.0 Å². The highest BCUT2D eigenvalue weighted by Crippen LogP contribution is 2.32. The van der Waals surface area contributed by atoms with E-state index >= 15 is 0 Å². The first kappa shape index (κ1) is 16.5. The van der Waals surface area contributed by atoms with Gasteiger partial charge in [-0.05, 0) is 30.0 Å². The SMILES string of the molecule is CCc1cc(-c2csc(S(=O)(=O)N3CCc4ccccc4C3)c2)on1. The van der Waals surface area contributed by atoms with Crippen LogP contribution in [0, 0.1) is 0 Å². The van der Waals surface area contributed by atoms with Crippen molar-refractivity contribution in [2.24, 2.45) is 0 Å². The van der Waals surface area contributed by atoms with Crippen molar-refractivity contribution in [3.8, 4) is 11.3 Å². The van der Waals surface area contributed by atoms with Crippen molar-refractivity contribution in [2.45, 2.75) is 30.5 Å². The fourth-order valence-electron chi connectivity index (χ4n) is 3.00. The van der Waals surface area contributed by atoms with Gasteiger partial charge in [0.1, 0.15) is 4.21 Å². The molecule has 0 N–H and O–H groups in total. The zero-order valence-electron chi connectivity index (χ0n) is 13.8. The molecule has 3 heterocycles. The normalized spacial score (nSPS) is 15.2. The van der Waals surface area contributed by atoms with Gasteiger partial charge in [0, 0.05) is 30.1 Å². The average molecular weight is 374 g/mol. The summed E-state index contributed by atoms with van der Waals surface area (Å²) < 4.78 is 33.2. The average Bonchev–Trinajstić information content (AvgIpc) is 3.30. The van der Waals surface area contributed by atoms with E-state index in [0.717, 1.165) is 29.7 Å². The van der Waals surface area contributed by atoms with Gasteiger partial charge in [-0.1, -0.05) is 36.3 Å². The molecule has 25 heavy (non-hydrogen) atoms. The van der Waals surface area contributed by atoms with Crippen molar-refractivity contribution in [1.29, 1.82) is 0 Å². The van der Waals surface area contributed by atoms with Crippen LogP contribution >= 0.6 is 11.3 Å². The van der Waals surface area contributed by atoms with E-state index in [0.29, 0.717) is 23.1 Å². The third-order valence-corrected chi connectivity index (χ3v) is 7.73. The minimum absolute atomic E-state index is 0.344. The third-order valence-electron chi connectivity index (χ3n) is 4.47. The Kier molecular flexibility index (Phi) is 4.23. The van der Waals surface area contributed by atoms with Crippen molar-refractivity contribution in [1.82, 2.24) is 9.46 Å². The molecule has 1 aliphatic rings. The van der Waals surface area contributed by atoms with Crippen LogP contribution in [0.25, 0.3) is 11.3 Å². The summed E-state index contributed by atoms with van der Waals surface area (Å²) in [6.45, 7) is 2.93. The van der Waals surface area contributed by atoms with Crippen molar-refractivity contribution in [3.63, 3.8) is 0 Å². The maximum absolute atomic E-state index is 13.0. The van der Waals surface area contributed by atoms with Crippen LogP contribution in [0.1, 0.15) is 23.7 Å². The van der Waals surface area contributed by atoms with Crippen molar-refractivity contribution < 1.29 is 12.9 Å². The van der Waals surface area contributed by atoms with Crippen LogP contribution in [0.3, 0.4) is 0 Å². The molecule has 0 radical (unpaired) electrons. The Labute approximate surface area is 150 Å². The molecule has 1 aromatic carbocycles. The molecule has 4 rings (SSSR count). The molecule has 5 nitrogen and oxygen atoms in total. The molecule has 0 amide bonds. The van der Waals surface area contributed by atoms with E-state index < -0.39 is 10.0 Å². The number of nitrogens with zero attached hydrogens (tertiary/aromatic N) is 2. The monoisotopic (exact) mass is 374 g/mol. The second-order valence-electron chi connectivity index (χ2n) is 6.05. The minimum atomic E-state index is -3.50. The first-order valence-corrected chi connectivity index (χ1v) is 10.5. The molecule has 3 aromatic rings. The Morgan fingerprint density at radius 1 is 1.24 bits per heavy atom. The Hall–Kier alpha value is -1.96. The molecule has 130 valence electrons. The maximum atomic E-state index is 13.0. The van der Waals surface area contributed by atoms with Gasteiger partial charge in [0.2, 0.25) is 0 Å². The summed E-state index contributed by atoms with van der Waals surface area (Å²) in [5.41, 5.74) is 3.93. The lowest BCUT2D eigenvalue weighted by molar-refractivity contribution is 0.392. The number of aryl methyl sites for hydroxylation is 1. The number of hydrogen-bond acceptors (Lipinski definition) is 5. The van der Waals surface area contributed by atoms with E-state index in [2.05, 4.69) is 11.2 Å². The highest BCUT2D eigenvalue weighted by Gasteiger charge is 2.29. The minimum Gasteiger partial charge on any atom is -0.356 e. The molecule has 2 aromatic heterocycles. The number of hydrogen-bond donors (Lipinski definition) is 0. The highest BCUT2D eigenvalue weighted by molar-refractivity contribution is 7.91. The van der Waals surface area contributed by atoms with Crippen LogP contribution in [0.15, 0.2) is 50.5 Å². The Balaban J connectivity index is 1.61. The van der Waals surface area contributed by atoms with Crippen molar-refractivity contribution >= 4 is 21.4 Å². The first-order chi connectivity index (χ1) is 12.1. The van der Waals surface area contributed by atoms with Crippen LogP contribution in [-0.4, -0.2) is 24.4 Å². The number of rotatable bonds is 4. The smallest absolute Gasteiger partial charge is 0.252 e. The number of benzene rings is 1. The van der Waals surface area contributed by atoms with Gasteiger partial charge in [-0.15, -0.1) is 11.3 Å². The zero-order valence-corrected chi connectivity index (χ0v) is 15.4. The predicted molar refractivity (Wildman–Crippen MR) is 96.9 cm³/mol. The van der Waals surface area contributed by atoms with Crippen LogP contribution in [0.2, 0.25) is 0 Å². The summed E-state index contributed by atoms with van der Waals surface area (Å²) in [5.74, 6) is 0.610. The molecule has 0 atom stereocenters. The van der Waals surface area contributed by atoms with Crippen LogP contribution in [0.4, 0.5) is 0 Å². The molecule has 1 aliphatic heterocycles. The first-order valence-electron chi connectivity index (χ1n) is 8.19. The van der Waals surface area contributed by atoms with E-state index in [4.69, 9.17) is 4.52 Å². The second kappa shape index (κ2) is 6.40. The standard InChI is InChI=1S/C18H18N2O3S2/c1-2-16-10-17(23-19-16)15-9-18(24-12-15)25(21,22)20-8-7-13-5-3-4-6-14(13)11-20/h3-6,9-10,12H,2,7-8,11H2,1H3. The summed E-state index contributed by atoms with van der Waals surface area (Å²) >= 11 is 1.23. The van der Waals surface area contributed by atoms with Crippen molar-refractivity contribution in [3.05, 3.63) is 58.6 Å². The zero-order chi connectivity index (χ0) is 17.4. The van der Waals surface area contributed by atoms with E-state index in [1.54, 1.807) is 10.4 Å². The molecular weight excluding hydrogens is 356 g/mol. The fraction of sp³-hybridized carbons (Fsp3) is 0.278. The van der Waals surface area contributed by atoms with E-state index in [9.17, 15) is 8.42 Å². The van der Waals surface area contributed by atoms with Gasteiger partial charge in [0.15, 0.2) is 5.76 Å². The summed E-state index contributed by atoms with van der Waals surface area (Å²) in [6.07, 6.45) is 1.53. The molecule has 7 heteroatoms. The van der Waals surface area contributed by atoms with Gasteiger partial charge < -0.3 is 4.52 Å².